The number of sulfonamides is 1. The molecule has 0 bridgehead atoms. The molecule has 0 aromatic carbocycles. The van der Waals surface area contributed by atoms with E-state index in [4.69, 9.17) is 4.74 Å². The van der Waals surface area contributed by atoms with Crippen LogP contribution in [0.3, 0.4) is 0 Å². The van der Waals surface area contributed by atoms with Crippen molar-refractivity contribution in [3.63, 3.8) is 0 Å². The Hall–Kier alpha value is -1.78. The van der Waals surface area contributed by atoms with Crippen molar-refractivity contribution >= 4 is 10.0 Å². The molecule has 9 nitrogen and oxygen atoms in total. The fourth-order valence-corrected chi connectivity index (χ4v) is 4.42. The molecule has 0 fully saturated rings. The Morgan fingerprint density at radius 3 is 2.83 bits per heavy atom. The maximum atomic E-state index is 12.9. The fourth-order valence-electron chi connectivity index (χ4n) is 2.87. The number of rotatable bonds is 5. The zero-order valence-electron chi connectivity index (χ0n) is 13.4. The molecule has 0 spiro atoms. The molecule has 126 valence electrons. The molecule has 0 N–H and O–H groups in total. The van der Waals surface area contributed by atoms with E-state index in [1.54, 1.807) is 18.7 Å². The highest BCUT2D eigenvalue weighted by Crippen LogP contribution is 2.32. The van der Waals surface area contributed by atoms with Crippen molar-refractivity contribution < 1.29 is 13.2 Å². The predicted octanol–water partition coefficient (Wildman–Crippen LogP) is -0.0340. The molecule has 3 heterocycles. The zero-order valence-corrected chi connectivity index (χ0v) is 14.2. The van der Waals surface area contributed by atoms with E-state index in [9.17, 15) is 8.42 Å². The number of fused-ring (bicyclic) bond motifs is 1. The summed E-state index contributed by atoms with van der Waals surface area (Å²) in [5.74, 6) is 0. The number of aryl methyl sites for hydroxylation is 2. The van der Waals surface area contributed by atoms with Crippen LogP contribution in [-0.4, -0.2) is 57.5 Å². The molecule has 1 aliphatic heterocycles. The van der Waals surface area contributed by atoms with E-state index in [0.29, 0.717) is 25.2 Å². The topological polar surface area (TPSA) is 95.1 Å². The maximum Gasteiger partial charge on any atom is 0.262 e. The minimum absolute atomic E-state index is 0.0347. The van der Waals surface area contributed by atoms with Crippen LogP contribution in [0.4, 0.5) is 0 Å². The van der Waals surface area contributed by atoms with Crippen LogP contribution in [-0.2, 0) is 34.8 Å². The van der Waals surface area contributed by atoms with Crippen LogP contribution in [0.25, 0.3) is 0 Å². The number of aromatic nitrogens is 5. The van der Waals surface area contributed by atoms with Crippen molar-refractivity contribution in [3.05, 3.63) is 23.9 Å². The Balaban J connectivity index is 2.02. The molecule has 0 saturated carbocycles. The Labute approximate surface area is 134 Å². The van der Waals surface area contributed by atoms with E-state index in [0.717, 1.165) is 5.69 Å². The Morgan fingerprint density at radius 1 is 1.43 bits per heavy atom. The Bertz CT molecular complexity index is 796. The largest absolute Gasteiger partial charge is 0.383 e. The second-order valence-electron chi connectivity index (χ2n) is 5.45. The summed E-state index contributed by atoms with van der Waals surface area (Å²) in [6.45, 7) is 3.26. The van der Waals surface area contributed by atoms with Crippen molar-refractivity contribution in [2.24, 2.45) is 7.05 Å². The molecule has 0 saturated heterocycles. The van der Waals surface area contributed by atoms with Crippen LogP contribution in [0.15, 0.2) is 17.6 Å². The molecule has 0 radical (unpaired) electrons. The van der Waals surface area contributed by atoms with Crippen LogP contribution in [0.1, 0.15) is 24.4 Å². The van der Waals surface area contributed by atoms with Crippen LogP contribution in [0.5, 0.6) is 0 Å². The van der Waals surface area contributed by atoms with Gasteiger partial charge < -0.3 is 9.30 Å². The number of hydrogen-bond acceptors (Lipinski definition) is 6. The molecule has 2 aromatic rings. The summed E-state index contributed by atoms with van der Waals surface area (Å²) >= 11 is 0. The highest BCUT2D eigenvalue weighted by molar-refractivity contribution is 7.89. The van der Waals surface area contributed by atoms with Crippen molar-refractivity contribution in [3.8, 4) is 0 Å². The summed E-state index contributed by atoms with van der Waals surface area (Å²) in [6, 6.07) is -0.490. The van der Waals surface area contributed by atoms with Gasteiger partial charge in [-0.3, -0.25) is 0 Å². The first-order valence-corrected chi connectivity index (χ1v) is 8.84. The monoisotopic (exact) mass is 340 g/mol. The summed E-state index contributed by atoms with van der Waals surface area (Å²) in [4.78, 5) is 3.99. The van der Waals surface area contributed by atoms with Crippen LogP contribution in [0, 0.1) is 0 Å². The lowest BCUT2D eigenvalue weighted by molar-refractivity contribution is 0.125. The Kier molecular flexibility index (Phi) is 4.21. The molecule has 0 aliphatic carbocycles. The lowest BCUT2D eigenvalue weighted by Gasteiger charge is -2.32. The molecule has 1 aliphatic rings. The number of ether oxygens (including phenoxy) is 1. The molecule has 1 atom stereocenters. The summed E-state index contributed by atoms with van der Waals surface area (Å²) < 4.78 is 35.9. The summed E-state index contributed by atoms with van der Waals surface area (Å²) in [7, 11) is -0.427. The molecule has 23 heavy (non-hydrogen) atoms. The fraction of sp³-hybridized carbons (Fsp3) is 0.615. The number of hydrogen-bond donors (Lipinski definition) is 0. The molecule has 0 amide bonds. The molecule has 0 unspecified atom stereocenters. The molecular weight excluding hydrogens is 320 g/mol. The molecule has 3 rings (SSSR count). The van der Waals surface area contributed by atoms with Crippen molar-refractivity contribution in [2.45, 2.75) is 31.0 Å². The van der Waals surface area contributed by atoms with Gasteiger partial charge >= 0.3 is 0 Å². The lowest BCUT2D eigenvalue weighted by atomic mass is 10.1. The van der Waals surface area contributed by atoms with Crippen molar-refractivity contribution in [1.29, 1.82) is 0 Å². The van der Waals surface area contributed by atoms with Gasteiger partial charge in [-0.1, -0.05) is 5.21 Å². The van der Waals surface area contributed by atoms with Crippen molar-refractivity contribution in [2.75, 3.05) is 20.3 Å². The van der Waals surface area contributed by atoms with Crippen LogP contribution in [0.2, 0.25) is 0 Å². The zero-order chi connectivity index (χ0) is 16.6. The van der Waals surface area contributed by atoms with Gasteiger partial charge in [-0.05, 0) is 6.92 Å². The normalized spacial score (nSPS) is 19.0. The van der Waals surface area contributed by atoms with Gasteiger partial charge in [0.15, 0.2) is 5.03 Å². The van der Waals surface area contributed by atoms with E-state index in [1.807, 2.05) is 11.6 Å². The first-order chi connectivity index (χ1) is 11.0. The second kappa shape index (κ2) is 6.02. The van der Waals surface area contributed by atoms with Gasteiger partial charge in [0, 0.05) is 39.9 Å². The van der Waals surface area contributed by atoms with Gasteiger partial charge in [-0.15, -0.1) is 5.10 Å². The summed E-state index contributed by atoms with van der Waals surface area (Å²) in [5, 5.41) is 8.34. The molecular formula is C13H20N6O3S. The summed E-state index contributed by atoms with van der Waals surface area (Å²) in [5.41, 5.74) is 1.64. The maximum absolute atomic E-state index is 12.9. The SMILES string of the molecule is CCn1nnc2c1CCN(S(=O)(=O)c1cn(C)cn1)[C@H]2COC. The highest BCUT2D eigenvalue weighted by atomic mass is 32.2. The van der Waals surface area contributed by atoms with Gasteiger partial charge in [-0.2, -0.15) is 4.31 Å². The van der Waals surface area contributed by atoms with E-state index < -0.39 is 16.1 Å². The average molecular weight is 340 g/mol. The second-order valence-corrected chi connectivity index (χ2v) is 7.29. The number of nitrogens with zero attached hydrogens (tertiary/aromatic N) is 6. The smallest absolute Gasteiger partial charge is 0.262 e. The van der Waals surface area contributed by atoms with Gasteiger partial charge in [0.25, 0.3) is 10.0 Å². The number of imidazole rings is 1. The third-order valence-electron chi connectivity index (χ3n) is 3.98. The molecule has 10 heteroatoms. The van der Waals surface area contributed by atoms with Gasteiger partial charge in [0.1, 0.15) is 5.69 Å². The standard InChI is InChI=1S/C13H20N6O3S/c1-4-18-10-5-6-19(11(8-22-3)13(10)15-16-18)23(20,21)12-7-17(2)9-14-12/h7,9,11H,4-6,8H2,1-3H3/t11-/m0/s1. The van der Waals surface area contributed by atoms with Gasteiger partial charge in [0.05, 0.1) is 24.7 Å². The minimum Gasteiger partial charge on any atom is -0.383 e. The van der Waals surface area contributed by atoms with Gasteiger partial charge in [0.2, 0.25) is 0 Å². The first-order valence-electron chi connectivity index (χ1n) is 7.40. The first kappa shape index (κ1) is 16.1. The molecule has 2 aromatic heterocycles. The van der Waals surface area contributed by atoms with Crippen LogP contribution < -0.4 is 0 Å². The summed E-state index contributed by atoms with van der Waals surface area (Å²) in [6.07, 6.45) is 3.54. The predicted molar refractivity (Wildman–Crippen MR) is 81.1 cm³/mol. The van der Waals surface area contributed by atoms with Crippen LogP contribution >= 0.6 is 0 Å². The highest BCUT2D eigenvalue weighted by Gasteiger charge is 2.40. The minimum atomic E-state index is -3.71. The lowest BCUT2D eigenvalue weighted by Crippen LogP contribution is -2.42. The Morgan fingerprint density at radius 2 is 2.22 bits per heavy atom. The van der Waals surface area contributed by atoms with E-state index in [1.165, 1.54) is 16.8 Å². The quantitative estimate of drug-likeness (QED) is 0.758. The third-order valence-corrected chi connectivity index (χ3v) is 5.77. The van der Waals surface area contributed by atoms with E-state index in [-0.39, 0.29) is 11.6 Å². The van der Waals surface area contributed by atoms with E-state index in [2.05, 4.69) is 15.3 Å². The average Bonchev–Trinajstić information content (AvgIpc) is 3.14. The van der Waals surface area contributed by atoms with E-state index >= 15 is 0 Å². The van der Waals surface area contributed by atoms with Crippen molar-refractivity contribution in [1.82, 2.24) is 28.9 Å². The third kappa shape index (κ3) is 2.66. The van der Waals surface area contributed by atoms with Gasteiger partial charge in [-0.25, -0.2) is 18.1 Å². The number of methoxy groups -OCH3 is 1.